The molecule has 2 amide bonds. The van der Waals surface area contributed by atoms with Crippen LogP contribution in [0.3, 0.4) is 0 Å². The third kappa shape index (κ3) is 3.45. The smallest absolute Gasteiger partial charge is 0.309 e. The predicted molar refractivity (Wildman–Crippen MR) is 66.8 cm³/mol. The predicted octanol–water partition coefficient (Wildman–Crippen LogP) is 0.466. The number of hydrogen-bond donors (Lipinski definition) is 3. The number of nitrogens with one attached hydrogen (secondary N) is 2. The number of aliphatic hydroxyl groups is 1. The molecule has 0 aromatic rings. The maximum atomic E-state index is 11.6. The summed E-state index contributed by atoms with van der Waals surface area (Å²) in [7, 11) is 0. The molecule has 0 radical (unpaired) electrons. The van der Waals surface area contributed by atoms with Crippen molar-refractivity contribution >= 4 is 11.8 Å². The largest absolute Gasteiger partial charge is 0.388 e. The Morgan fingerprint density at radius 3 is 2.28 bits per heavy atom. The lowest BCUT2D eigenvalue weighted by Crippen LogP contribution is -2.48. The first-order valence-electron chi connectivity index (χ1n) is 6.90. The van der Waals surface area contributed by atoms with Gasteiger partial charge in [-0.2, -0.15) is 0 Å². The van der Waals surface area contributed by atoms with Crippen molar-refractivity contribution in [1.29, 1.82) is 0 Å². The molecule has 0 spiro atoms. The fraction of sp³-hybridized carbons (Fsp3) is 0.846. The molecule has 2 rings (SSSR count). The van der Waals surface area contributed by atoms with Crippen LogP contribution in [0.1, 0.15) is 51.4 Å². The van der Waals surface area contributed by atoms with Crippen LogP contribution in [0.4, 0.5) is 0 Å². The third-order valence-electron chi connectivity index (χ3n) is 4.01. The van der Waals surface area contributed by atoms with Crippen molar-refractivity contribution in [2.24, 2.45) is 0 Å². The minimum Gasteiger partial charge on any atom is -0.388 e. The third-order valence-corrected chi connectivity index (χ3v) is 4.01. The molecule has 0 heterocycles. The number of amides is 2. The van der Waals surface area contributed by atoms with Gasteiger partial charge < -0.3 is 15.7 Å². The van der Waals surface area contributed by atoms with Gasteiger partial charge in [0.25, 0.3) is 0 Å². The standard InChI is InChI=1S/C13H22N2O3/c16-11(12(17)15-10-5-1-2-6-10)14-9-13(18)7-3-4-8-13/h10,18H,1-9H2,(H,14,16)(H,15,17). The second-order valence-corrected chi connectivity index (χ2v) is 5.57. The Morgan fingerprint density at radius 2 is 1.67 bits per heavy atom. The van der Waals surface area contributed by atoms with E-state index in [9.17, 15) is 14.7 Å². The van der Waals surface area contributed by atoms with Gasteiger partial charge in [0.1, 0.15) is 0 Å². The zero-order chi connectivity index (χ0) is 13.0. The molecule has 2 fully saturated rings. The summed E-state index contributed by atoms with van der Waals surface area (Å²) in [6.07, 6.45) is 7.54. The highest BCUT2D eigenvalue weighted by Gasteiger charge is 2.32. The Balaban J connectivity index is 1.71. The van der Waals surface area contributed by atoms with E-state index in [-0.39, 0.29) is 12.6 Å². The molecule has 0 unspecified atom stereocenters. The summed E-state index contributed by atoms with van der Waals surface area (Å²) in [5.74, 6) is -1.19. The molecule has 0 aromatic heterocycles. The number of hydrogen-bond acceptors (Lipinski definition) is 3. The normalized spacial score (nSPS) is 22.9. The average Bonchev–Trinajstić information content (AvgIpc) is 2.98. The van der Waals surface area contributed by atoms with Gasteiger partial charge in [-0.25, -0.2) is 0 Å². The van der Waals surface area contributed by atoms with Crippen molar-refractivity contribution in [1.82, 2.24) is 10.6 Å². The molecule has 5 nitrogen and oxygen atoms in total. The molecular weight excluding hydrogens is 232 g/mol. The second-order valence-electron chi connectivity index (χ2n) is 5.57. The zero-order valence-corrected chi connectivity index (χ0v) is 10.7. The maximum Gasteiger partial charge on any atom is 0.309 e. The summed E-state index contributed by atoms with van der Waals surface area (Å²) in [6, 6.07) is 0.151. The lowest BCUT2D eigenvalue weighted by molar-refractivity contribution is -0.140. The molecule has 3 N–H and O–H groups in total. The van der Waals surface area contributed by atoms with Crippen LogP contribution in [-0.4, -0.2) is 35.1 Å². The van der Waals surface area contributed by atoms with E-state index in [1.165, 1.54) is 0 Å². The molecule has 0 aromatic carbocycles. The van der Waals surface area contributed by atoms with E-state index >= 15 is 0 Å². The molecule has 0 saturated heterocycles. The molecular formula is C13H22N2O3. The van der Waals surface area contributed by atoms with Crippen LogP contribution in [0.2, 0.25) is 0 Å². The van der Waals surface area contributed by atoms with E-state index < -0.39 is 17.4 Å². The Hall–Kier alpha value is -1.10. The maximum absolute atomic E-state index is 11.6. The van der Waals surface area contributed by atoms with Gasteiger partial charge in [0, 0.05) is 12.6 Å². The molecule has 0 aliphatic heterocycles. The Kier molecular flexibility index (Phi) is 4.22. The van der Waals surface area contributed by atoms with Crippen LogP contribution in [0.25, 0.3) is 0 Å². The fourth-order valence-corrected chi connectivity index (χ4v) is 2.86. The Morgan fingerprint density at radius 1 is 1.06 bits per heavy atom. The highest BCUT2D eigenvalue weighted by Crippen LogP contribution is 2.28. The molecule has 18 heavy (non-hydrogen) atoms. The van der Waals surface area contributed by atoms with Crippen LogP contribution in [0.5, 0.6) is 0 Å². The van der Waals surface area contributed by atoms with Crippen molar-refractivity contribution in [3.63, 3.8) is 0 Å². The highest BCUT2D eigenvalue weighted by atomic mass is 16.3. The van der Waals surface area contributed by atoms with Gasteiger partial charge in [-0.15, -0.1) is 0 Å². The monoisotopic (exact) mass is 254 g/mol. The van der Waals surface area contributed by atoms with E-state index in [1.807, 2.05) is 0 Å². The van der Waals surface area contributed by atoms with Crippen LogP contribution >= 0.6 is 0 Å². The molecule has 5 heteroatoms. The minimum absolute atomic E-state index is 0.151. The van der Waals surface area contributed by atoms with Crippen LogP contribution < -0.4 is 10.6 Å². The number of carbonyl (C=O) groups excluding carboxylic acids is 2. The Bertz CT molecular complexity index is 318. The summed E-state index contributed by atoms with van der Waals surface area (Å²) < 4.78 is 0. The first-order valence-corrected chi connectivity index (χ1v) is 6.90. The fourth-order valence-electron chi connectivity index (χ4n) is 2.86. The van der Waals surface area contributed by atoms with E-state index in [4.69, 9.17) is 0 Å². The number of rotatable bonds is 3. The highest BCUT2D eigenvalue weighted by molar-refractivity contribution is 6.35. The van der Waals surface area contributed by atoms with Crippen molar-refractivity contribution in [2.75, 3.05) is 6.54 Å². The van der Waals surface area contributed by atoms with Gasteiger partial charge in [-0.05, 0) is 25.7 Å². The molecule has 0 bridgehead atoms. The number of carbonyl (C=O) groups is 2. The summed E-state index contributed by atoms with van der Waals surface area (Å²) >= 11 is 0. The lowest BCUT2D eigenvalue weighted by atomic mass is 10.0. The average molecular weight is 254 g/mol. The van der Waals surface area contributed by atoms with Gasteiger partial charge in [-0.3, -0.25) is 9.59 Å². The molecule has 2 saturated carbocycles. The first kappa shape index (κ1) is 13.3. The van der Waals surface area contributed by atoms with E-state index in [0.717, 1.165) is 38.5 Å². The second kappa shape index (κ2) is 5.69. The van der Waals surface area contributed by atoms with Crippen LogP contribution in [0, 0.1) is 0 Å². The van der Waals surface area contributed by atoms with Gasteiger partial charge in [-0.1, -0.05) is 25.7 Å². The Labute approximate surface area is 107 Å². The SMILES string of the molecule is O=C(NCC1(O)CCCC1)C(=O)NC1CCCC1. The zero-order valence-electron chi connectivity index (χ0n) is 10.7. The summed E-state index contributed by atoms with van der Waals surface area (Å²) in [6.45, 7) is 0.184. The van der Waals surface area contributed by atoms with Crippen LogP contribution in [-0.2, 0) is 9.59 Å². The van der Waals surface area contributed by atoms with Crippen molar-refractivity contribution in [3.05, 3.63) is 0 Å². The van der Waals surface area contributed by atoms with Crippen molar-refractivity contribution < 1.29 is 14.7 Å². The van der Waals surface area contributed by atoms with E-state index in [2.05, 4.69) is 10.6 Å². The van der Waals surface area contributed by atoms with Gasteiger partial charge in [0.2, 0.25) is 0 Å². The summed E-state index contributed by atoms with van der Waals surface area (Å²) in [5, 5.41) is 15.3. The van der Waals surface area contributed by atoms with Gasteiger partial charge in [0.15, 0.2) is 0 Å². The molecule has 102 valence electrons. The minimum atomic E-state index is -0.802. The summed E-state index contributed by atoms with van der Waals surface area (Å²) in [4.78, 5) is 23.2. The van der Waals surface area contributed by atoms with Crippen molar-refractivity contribution in [2.45, 2.75) is 63.0 Å². The quantitative estimate of drug-likeness (QED) is 0.640. The van der Waals surface area contributed by atoms with E-state index in [0.29, 0.717) is 12.8 Å². The molecule has 0 atom stereocenters. The lowest BCUT2D eigenvalue weighted by Gasteiger charge is -2.22. The molecule has 2 aliphatic rings. The van der Waals surface area contributed by atoms with Gasteiger partial charge >= 0.3 is 11.8 Å². The van der Waals surface area contributed by atoms with Crippen molar-refractivity contribution in [3.8, 4) is 0 Å². The van der Waals surface area contributed by atoms with Gasteiger partial charge in [0.05, 0.1) is 5.60 Å². The first-order chi connectivity index (χ1) is 8.59. The summed E-state index contributed by atoms with van der Waals surface area (Å²) in [5.41, 5.74) is -0.802. The van der Waals surface area contributed by atoms with E-state index in [1.54, 1.807) is 0 Å². The molecule has 2 aliphatic carbocycles. The van der Waals surface area contributed by atoms with Crippen LogP contribution in [0.15, 0.2) is 0 Å². The topological polar surface area (TPSA) is 78.4 Å².